The molecule has 1 aliphatic heterocycles. The first-order valence-electron chi connectivity index (χ1n) is 5.61. The first-order chi connectivity index (χ1) is 8.49. The number of rotatable bonds is 4. The van der Waals surface area contributed by atoms with E-state index in [0.717, 1.165) is 5.57 Å². The summed E-state index contributed by atoms with van der Waals surface area (Å²) in [5.41, 5.74) is 1.43. The number of allylic oxidation sites excluding steroid dienone is 4. The lowest BCUT2D eigenvalue weighted by atomic mass is 9.90. The zero-order valence-corrected chi connectivity index (χ0v) is 11.1. The van der Waals surface area contributed by atoms with E-state index in [9.17, 15) is 13.2 Å². The van der Waals surface area contributed by atoms with Crippen LogP contribution < -0.4 is 0 Å². The fourth-order valence-corrected chi connectivity index (χ4v) is 2.94. The SMILES string of the molecule is C=C/C=C1/C[C@@H](CC(=O)O)CN([SH](=O)=O)/C1=C/C. The van der Waals surface area contributed by atoms with Crippen LogP contribution in [0.3, 0.4) is 0 Å². The van der Waals surface area contributed by atoms with Crippen LogP contribution in [-0.2, 0) is 15.7 Å². The fourth-order valence-electron chi connectivity index (χ4n) is 2.16. The van der Waals surface area contributed by atoms with Gasteiger partial charge in [0.2, 0.25) is 10.9 Å². The van der Waals surface area contributed by atoms with Crippen LogP contribution in [0, 0.1) is 5.92 Å². The quantitative estimate of drug-likeness (QED) is 0.756. The summed E-state index contributed by atoms with van der Waals surface area (Å²) in [6.07, 6.45) is 5.55. The largest absolute Gasteiger partial charge is 0.481 e. The lowest BCUT2D eigenvalue weighted by Crippen LogP contribution is -2.35. The number of piperidine rings is 1. The van der Waals surface area contributed by atoms with Crippen molar-refractivity contribution in [2.75, 3.05) is 6.54 Å². The Labute approximate surface area is 108 Å². The Bertz CT molecular complexity index is 468. The third kappa shape index (κ3) is 3.46. The molecule has 0 aromatic rings. The smallest absolute Gasteiger partial charge is 0.303 e. The number of nitrogens with zero attached hydrogens (tertiary/aromatic N) is 1. The zero-order valence-electron chi connectivity index (χ0n) is 10.2. The minimum Gasteiger partial charge on any atom is -0.481 e. The van der Waals surface area contributed by atoms with Crippen molar-refractivity contribution in [1.82, 2.24) is 4.31 Å². The highest BCUT2D eigenvalue weighted by Gasteiger charge is 2.28. The number of thiol groups is 1. The van der Waals surface area contributed by atoms with Crippen LogP contribution in [-0.4, -0.2) is 30.3 Å². The zero-order chi connectivity index (χ0) is 13.7. The lowest BCUT2D eigenvalue weighted by molar-refractivity contribution is -0.138. The van der Waals surface area contributed by atoms with Gasteiger partial charge in [-0.1, -0.05) is 24.8 Å². The molecule has 5 nitrogen and oxygen atoms in total. The van der Waals surface area contributed by atoms with Crippen LogP contribution in [0.1, 0.15) is 19.8 Å². The molecule has 0 amide bonds. The molecule has 1 atom stereocenters. The van der Waals surface area contributed by atoms with Crippen molar-refractivity contribution in [2.24, 2.45) is 5.92 Å². The van der Waals surface area contributed by atoms with Crippen LogP contribution in [0.5, 0.6) is 0 Å². The molecule has 1 saturated heterocycles. The summed E-state index contributed by atoms with van der Waals surface area (Å²) in [5.74, 6) is -1.12. The Morgan fingerprint density at radius 1 is 1.61 bits per heavy atom. The van der Waals surface area contributed by atoms with E-state index in [2.05, 4.69) is 6.58 Å². The average molecular weight is 271 g/mol. The van der Waals surface area contributed by atoms with E-state index in [0.29, 0.717) is 12.1 Å². The minimum atomic E-state index is -2.76. The summed E-state index contributed by atoms with van der Waals surface area (Å²) in [5, 5.41) is 8.81. The van der Waals surface area contributed by atoms with Crippen LogP contribution >= 0.6 is 0 Å². The number of carbonyl (C=O) groups is 1. The van der Waals surface area contributed by atoms with Gasteiger partial charge in [-0.3, -0.25) is 9.10 Å². The van der Waals surface area contributed by atoms with Gasteiger partial charge in [-0.15, -0.1) is 0 Å². The molecule has 0 spiro atoms. The van der Waals surface area contributed by atoms with Crippen molar-refractivity contribution in [3.8, 4) is 0 Å². The molecule has 0 aromatic heterocycles. The maximum atomic E-state index is 11.2. The Morgan fingerprint density at radius 3 is 2.72 bits per heavy atom. The molecule has 0 bridgehead atoms. The fraction of sp³-hybridized carbons (Fsp3) is 0.417. The molecule has 0 aliphatic carbocycles. The van der Waals surface area contributed by atoms with Gasteiger partial charge >= 0.3 is 5.97 Å². The second kappa shape index (κ2) is 6.39. The van der Waals surface area contributed by atoms with Gasteiger partial charge in [0, 0.05) is 6.54 Å². The number of hydrogen-bond acceptors (Lipinski definition) is 3. The summed E-state index contributed by atoms with van der Waals surface area (Å²) in [6, 6.07) is 0. The number of carboxylic acids is 1. The average Bonchev–Trinajstić information content (AvgIpc) is 2.27. The highest BCUT2D eigenvalue weighted by molar-refractivity contribution is 7.70. The molecule has 1 rings (SSSR count). The number of aliphatic carboxylic acids is 1. The van der Waals surface area contributed by atoms with Gasteiger partial charge in [-0.25, -0.2) is 8.42 Å². The number of hydrogen-bond donors (Lipinski definition) is 2. The molecular weight excluding hydrogens is 254 g/mol. The summed E-state index contributed by atoms with van der Waals surface area (Å²) >= 11 is 0. The predicted molar refractivity (Wildman–Crippen MR) is 69.4 cm³/mol. The van der Waals surface area contributed by atoms with E-state index >= 15 is 0 Å². The topological polar surface area (TPSA) is 74.7 Å². The molecule has 1 fully saturated rings. The van der Waals surface area contributed by atoms with Crippen molar-refractivity contribution in [3.63, 3.8) is 0 Å². The van der Waals surface area contributed by atoms with Crippen molar-refractivity contribution in [3.05, 3.63) is 36.1 Å². The molecule has 1 N–H and O–H groups in total. The highest BCUT2D eigenvalue weighted by Crippen LogP contribution is 2.31. The van der Waals surface area contributed by atoms with Gasteiger partial charge < -0.3 is 5.11 Å². The van der Waals surface area contributed by atoms with Crippen molar-refractivity contribution >= 4 is 16.9 Å². The van der Waals surface area contributed by atoms with Crippen molar-refractivity contribution in [2.45, 2.75) is 19.8 Å². The number of carboxylic acid groups (broad SMARTS) is 1. The summed E-state index contributed by atoms with van der Waals surface area (Å²) in [4.78, 5) is 10.7. The Morgan fingerprint density at radius 2 is 2.28 bits per heavy atom. The van der Waals surface area contributed by atoms with Crippen LogP contribution in [0.15, 0.2) is 36.1 Å². The van der Waals surface area contributed by atoms with Gasteiger partial charge in [-0.05, 0) is 24.8 Å². The first kappa shape index (κ1) is 14.5. The van der Waals surface area contributed by atoms with E-state index < -0.39 is 16.9 Å². The Hall–Kier alpha value is -1.56. The van der Waals surface area contributed by atoms with E-state index in [4.69, 9.17) is 5.11 Å². The van der Waals surface area contributed by atoms with Gasteiger partial charge in [0.15, 0.2) is 0 Å². The summed E-state index contributed by atoms with van der Waals surface area (Å²) in [7, 11) is -2.76. The van der Waals surface area contributed by atoms with E-state index in [1.807, 2.05) is 0 Å². The maximum absolute atomic E-state index is 11.2. The molecular formula is C12H17NO4S. The van der Waals surface area contributed by atoms with E-state index in [-0.39, 0.29) is 18.9 Å². The van der Waals surface area contributed by atoms with Gasteiger partial charge in [0.05, 0.1) is 12.1 Å². The maximum Gasteiger partial charge on any atom is 0.303 e. The van der Waals surface area contributed by atoms with Crippen LogP contribution in [0.4, 0.5) is 0 Å². The molecule has 6 heteroatoms. The molecule has 0 unspecified atom stereocenters. The van der Waals surface area contributed by atoms with E-state index in [1.54, 1.807) is 25.2 Å². The normalized spacial score (nSPS) is 24.8. The molecule has 18 heavy (non-hydrogen) atoms. The molecule has 0 aromatic carbocycles. The monoisotopic (exact) mass is 271 g/mol. The third-order valence-electron chi connectivity index (χ3n) is 2.80. The molecule has 0 radical (unpaired) electrons. The summed E-state index contributed by atoms with van der Waals surface area (Å²) < 4.78 is 23.7. The molecule has 100 valence electrons. The Kier molecular flexibility index (Phi) is 5.15. The minimum absolute atomic E-state index is 0.0366. The van der Waals surface area contributed by atoms with Crippen LogP contribution in [0.25, 0.3) is 0 Å². The predicted octanol–water partition coefficient (Wildman–Crippen LogP) is 1.33. The van der Waals surface area contributed by atoms with Crippen molar-refractivity contribution in [1.29, 1.82) is 0 Å². The van der Waals surface area contributed by atoms with Gasteiger partial charge in [0.25, 0.3) is 0 Å². The first-order valence-corrected chi connectivity index (χ1v) is 6.74. The standard InChI is InChI=1S/C12H17NO4S/c1-3-5-10-6-9(7-12(14)15)8-13(18(16)17)11(10)4-2/h3-5,9,18H,1,6-8H2,2H3,(H,14,15)/b10-5-,11-4+/t9-/m0/s1. The third-order valence-corrected chi connectivity index (χ3v) is 3.57. The molecule has 1 heterocycles. The Balaban J connectivity index is 3.07. The lowest BCUT2D eigenvalue weighted by Gasteiger charge is -2.33. The van der Waals surface area contributed by atoms with Crippen molar-refractivity contribution < 1.29 is 18.3 Å². The second-order valence-electron chi connectivity index (χ2n) is 4.09. The second-order valence-corrected chi connectivity index (χ2v) is 5.05. The van der Waals surface area contributed by atoms with Crippen LogP contribution in [0.2, 0.25) is 0 Å². The van der Waals surface area contributed by atoms with Gasteiger partial charge in [0.1, 0.15) is 0 Å². The molecule has 0 saturated carbocycles. The van der Waals surface area contributed by atoms with Gasteiger partial charge in [-0.2, -0.15) is 0 Å². The summed E-state index contributed by atoms with van der Waals surface area (Å²) in [6.45, 7) is 5.57. The highest BCUT2D eigenvalue weighted by atomic mass is 32.2. The molecule has 1 aliphatic rings. The van der Waals surface area contributed by atoms with E-state index in [1.165, 1.54) is 4.31 Å².